The van der Waals surface area contributed by atoms with Crippen LogP contribution >= 0.6 is 0 Å². The Labute approximate surface area is 274 Å². The molecular weight excluding hydrogens is 604 g/mol. The van der Waals surface area contributed by atoms with Crippen molar-refractivity contribution in [1.82, 2.24) is 0 Å². The molecule has 2 saturated heterocycles. The molecule has 1 aromatic carbocycles. The van der Waals surface area contributed by atoms with Crippen molar-refractivity contribution in [2.24, 2.45) is 28.1 Å². The first-order chi connectivity index (χ1) is 22.3. The quantitative estimate of drug-likeness (QED) is 0.257. The molecule has 5 aliphatic rings. The first kappa shape index (κ1) is 32.1. The molecule has 10 nitrogen and oxygen atoms in total. The van der Waals surface area contributed by atoms with Crippen LogP contribution < -0.4 is 0 Å². The van der Waals surface area contributed by atoms with Crippen LogP contribution in [0.3, 0.4) is 0 Å². The van der Waals surface area contributed by atoms with Crippen molar-refractivity contribution < 1.29 is 47.6 Å². The lowest BCUT2D eigenvalue weighted by Crippen LogP contribution is -2.72. The molecule has 3 heterocycles. The predicted octanol–water partition coefficient (Wildman–Crippen LogP) is 5.35. The number of hydrogen-bond donors (Lipinski definition) is 1. The Bertz CT molecular complexity index is 1580. The molecule has 0 spiro atoms. The Morgan fingerprint density at radius 1 is 0.915 bits per heavy atom. The summed E-state index contributed by atoms with van der Waals surface area (Å²) in [7, 11) is 0. The molecule has 47 heavy (non-hydrogen) atoms. The summed E-state index contributed by atoms with van der Waals surface area (Å²) in [4.78, 5) is 39.2. The minimum absolute atomic E-state index is 0.0359. The number of ether oxygens (including phenoxy) is 5. The monoisotopic (exact) mass is 648 g/mol. The van der Waals surface area contributed by atoms with Crippen molar-refractivity contribution in [2.45, 2.75) is 104 Å². The number of carbonyl (C=O) groups is 3. The number of allylic oxidation sites excluding steroid dienone is 1. The van der Waals surface area contributed by atoms with Crippen LogP contribution in [0.2, 0.25) is 0 Å². The van der Waals surface area contributed by atoms with Crippen LogP contribution in [-0.2, 0) is 33.3 Å². The number of fused-ring (bicyclic) bond motifs is 4. The number of benzene rings is 1. The molecule has 2 unspecified atom stereocenters. The Hall–Kier alpha value is -3.47. The fraction of sp³-hybridized carbons (Fsp3) is 0.595. The van der Waals surface area contributed by atoms with Crippen molar-refractivity contribution in [3.05, 3.63) is 71.2 Å². The number of hydrogen-bond acceptors (Lipinski definition) is 10. The molecule has 2 aromatic rings. The van der Waals surface area contributed by atoms with Gasteiger partial charge in [0.2, 0.25) is 0 Å². The van der Waals surface area contributed by atoms with Crippen LogP contribution in [0.5, 0.6) is 0 Å². The van der Waals surface area contributed by atoms with E-state index in [0.717, 1.165) is 16.7 Å². The van der Waals surface area contributed by atoms with E-state index in [-0.39, 0.29) is 31.3 Å². The molecule has 1 aromatic heterocycles. The van der Waals surface area contributed by atoms with Gasteiger partial charge in [-0.15, -0.1) is 0 Å². The normalized spacial score (nSPS) is 42.1. The molecule has 0 bridgehead atoms. The van der Waals surface area contributed by atoms with Gasteiger partial charge in [0.25, 0.3) is 0 Å². The third-order valence-electron chi connectivity index (χ3n) is 12.4. The number of rotatable bonds is 5. The third kappa shape index (κ3) is 4.73. The van der Waals surface area contributed by atoms with E-state index in [1.165, 1.54) is 13.8 Å². The zero-order valence-corrected chi connectivity index (χ0v) is 27.8. The third-order valence-corrected chi connectivity index (χ3v) is 12.4. The van der Waals surface area contributed by atoms with Crippen LogP contribution in [0.25, 0.3) is 0 Å². The average Bonchev–Trinajstić information content (AvgIpc) is 3.73. The fourth-order valence-corrected chi connectivity index (χ4v) is 10.7. The maximum atomic E-state index is 14.0. The number of furan rings is 1. The highest BCUT2D eigenvalue weighted by Gasteiger charge is 2.77. The van der Waals surface area contributed by atoms with E-state index >= 15 is 0 Å². The molecule has 1 N–H and O–H groups in total. The molecule has 4 fully saturated rings. The largest absolute Gasteiger partial charge is 0.472 e. The topological polar surface area (TPSA) is 131 Å². The highest BCUT2D eigenvalue weighted by atomic mass is 16.6. The number of esters is 3. The van der Waals surface area contributed by atoms with Crippen molar-refractivity contribution >= 4 is 17.9 Å². The molecular formula is C37H44O10. The fourth-order valence-electron chi connectivity index (χ4n) is 10.7. The van der Waals surface area contributed by atoms with E-state index in [2.05, 4.69) is 20.8 Å². The first-order valence-electron chi connectivity index (χ1n) is 16.6. The molecule has 0 amide bonds. The van der Waals surface area contributed by atoms with Crippen molar-refractivity contribution in [3.8, 4) is 0 Å². The SMILES string of the molecule is CC(=O)O[C@H]1C[C@@H](OC(C)=O)[C@@]2(C)CO[C@H]3[C@@H](OC(=O)c4ccccc4)[C@@]4(C)C5=C(C)[C@H](c6ccoc6)CC5O[C@@H](O)CC4[C@]1(C)[C@@H]32. The maximum Gasteiger partial charge on any atom is 0.338 e. The van der Waals surface area contributed by atoms with Crippen LogP contribution in [0, 0.1) is 28.1 Å². The van der Waals surface area contributed by atoms with E-state index in [0.29, 0.717) is 12.0 Å². The first-order valence-corrected chi connectivity index (χ1v) is 16.6. The molecule has 252 valence electrons. The summed E-state index contributed by atoms with van der Waals surface area (Å²) in [6.07, 6.45) is 0.128. The minimum Gasteiger partial charge on any atom is -0.472 e. The molecule has 7 rings (SSSR count). The van der Waals surface area contributed by atoms with Crippen molar-refractivity contribution in [1.29, 1.82) is 0 Å². The zero-order valence-electron chi connectivity index (χ0n) is 27.8. The Kier molecular flexibility index (Phi) is 7.72. The van der Waals surface area contributed by atoms with Gasteiger partial charge in [-0.3, -0.25) is 9.59 Å². The van der Waals surface area contributed by atoms with Gasteiger partial charge in [0.05, 0.1) is 36.9 Å². The Morgan fingerprint density at radius 3 is 2.28 bits per heavy atom. The molecule has 10 heteroatoms. The van der Waals surface area contributed by atoms with Gasteiger partial charge in [-0.05, 0) is 48.6 Å². The van der Waals surface area contributed by atoms with E-state index in [9.17, 15) is 19.5 Å². The smallest absolute Gasteiger partial charge is 0.338 e. The van der Waals surface area contributed by atoms with Gasteiger partial charge in [-0.25, -0.2) is 4.79 Å². The molecule has 0 radical (unpaired) electrons. The molecule has 3 aliphatic carbocycles. The van der Waals surface area contributed by atoms with Crippen LogP contribution in [-0.4, -0.2) is 66.4 Å². The van der Waals surface area contributed by atoms with E-state index in [1.807, 2.05) is 19.1 Å². The predicted molar refractivity (Wildman–Crippen MR) is 167 cm³/mol. The summed E-state index contributed by atoms with van der Waals surface area (Å²) in [5, 5.41) is 11.6. The van der Waals surface area contributed by atoms with Gasteiger partial charge in [0.1, 0.15) is 18.3 Å². The second-order valence-electron chi connectivity index (χ2n) is 14.8. The van der Waals surface area contributed by atoms with Crippen molar-refractivity contribution in [2.75, 3.05) is 6.61 Å². The highest BCUT2D eigenvalue weighted by Crippen LogP contribution is 2.72. The van der Waals surface area contributed by atoms with Gasteiger partial charge < -0.3 is 33.2 Å². The summed E-state index contributed by atoms with van der Waals surface area (Å²) < 4.78 is 37.5. The molecule has 12 atom stereocenters. The van der Waals surface area contributed by atoms with Gasteiger partial charge >= 0.3 is 17.9 Å². The zero-order chi connectivity index (χ0) is 33.5. The second kappa shape index (κ2) is 11.3. The van der Waals surface area contributed by atoms with Gasteiger partial charge in [0.15, 0.2) is 6.29 Å². The maximum absolute atomic E-state index is 14.0. The molecule has 2 aliphatic heterocycles. The number of aliphatic hydroxyl groups excluding tert-OH is 1. The van der Waals surface area contributed by atoms with Gasteiger partial charge in [-0.1, -0.05) is 44.5 Å². The van der Waals surface area contributed by atoms with Gasteiger partial charge in [0, 0.05) is 54.8 Å². The van der Waals surface area contributed by atoms with Crippen LogP contribution in [0.1, 0.15) is 82.6 Å². The lowest BCUT2D eigenvalue weighted by Gasteiger charge is -2.66. The van der Waals surface area contributed by atoms with Gasteiger partial charge in [-0.2, -0.15) is 0 Å². The summed E-state index contributed by atoms with van der Waals surface area (Å²) in [6, 6.07) is 10.8. The highest BCUT2D eigenvalue weighted by molar-refractivity contribution is 5.89. The lowest BCUT2D eigenvalue weighted by molar-refractivity contribution is -0.258. The second-order valence-corrected chi connectivity index (χ2v) is 14.8. The van der Waals surface area contributed by atoms with E-state index in [1.54, 1.807) is 36.8 Å². The van der Waals surface area contributed by atoms with Crippen LogP contribution in [0.15, 0.2) is 64.5 Å². The van der Waals surface area contributed by atoms with E-state index in [4.69, 9.17) is 28.1 Å². The Balaban J connectivity index is 1.46. The Morgan fingerprint density at radius 2 is 1.62 bits per heavy atom. The van der Waals surface area contributed by atoms with E-state index < -0.39 is 76.9 Å². The standard InChI is InChI=1S/C37H44O10/c1-19-24(23-12-13-42-17-23)14-25-30(19)37(6)26(15-29(40)46-25)36(5)28(45-21(3)39)16-27(44-20(2)38)35(4)18-43-31(32(35)36)33(37)47-34(41)22-10-8-7-9-11-22/h7-13,17,24-29,31-33,40H,14-16,18H2,1-6H3/t24-,25?,26?,27-,28+,29-,31-,32+,33-,35-,36+,37-/m1/s1. The lowest BCUT2D eigenvalue weighted by atomic mass is 9.39. The number of aliphatic hydroxyl groups is 1. The van der Waals surface area contributed by atoms with Crippen molar-refractivity contribution in [3.63, 3.8) is 0 Å². The minimum atomic E-state index is -1.13. The summed E-state index contributed by atoms with van der Waals surface area (Å²) >= 11 is 0. The average molecular weight is 649 g/mol. The summed E-state index contributed by atoms with van der Waals surface area (Å²) in [5.74, 6) is -2.18. The van der Waals surface area contributed by atoms with Crippen LogP contribution in [0.4, 0.5) is 0 Å². The summed E-state index contributed by atoms with van der Waals surface area (Å²) in [6.45, 7) is 11.4. The summed E-state index contributed by atoms with van der Waals surface area (Å²) in [5.41, 5.74) is 1.04. The molecule has 2 saturated carbocycles. The number of carbonyl (C=O) groups excluding carboxylic acids is 3.